The summed E-state index contributed by atoms with van der Waals surface area (Å²) in [6.45, 7) is 1.85. The number of halogens is 2. The topological polar surface area (TPSA) is 95.5 Å². The number of carbonyl (C=O) groups is 3. The lowest BCUT2D eigenvalue weighted by Crippen LogP contribution is -2.24. The van der Waals surface area contributed by atoms with Crippen LogP contribution >= 0.6 is 23.4 Å². The van der Waals surface area contributed by atoms with Crippen molar-refractivity contribution >= 4 is 52.5 Å². The van der Waals surface area contributed by atoms with E-state index in [1.165, 1.54) is 48.2 Å². The molecule has 3 aromatic rings. The molecule has 0 aromatic heterocycles. The van der Waals surface area contributed by atoms with Crippen LogP contribution in [0.15, 0.2) is 71.6 Å². The lowest BCUT2D eigenvalue weighted by Gasteiger charge is -2.16. The number of carboxylic acids is 1. The molecule has 0 fully saturated rings. The monoisotopic (exact) mass is 486 g/mol. The first-order chi connectivity index (χ1) is 15.8. The first kappa shape index (κ1) is 24.3. The molecule has 170 valence electrons. The normalized spacial score (nSPS) is 11.5. The van der Waals surface area contributed by atoms with Gasteiger partial charge in [0.2, 0.25) is 5.91 Å². The number of thioether (sulfide) groups is 1. The number of carboxylic acid groups (broad SMARTS) is 1. The molecule has 0 spiro atoms. The van der Waals surface area contributed by atoms with E-state index >= 15 is 0 Å². The van der Waals surface area contributed by atoms with Crippen molar-refractivity contribution in [2.45, 2.75) is 23.5 Å². The molecule has 6 nitrogen and oxygen atoms in total. The number of nitrogens with one attached hydrogen (secondary N) is 2. The van der Waals surface area contributed by atoms with Gasteiger partial charge >= 0.3 is 5.97 Å². The second-order valence-electron chi connectivity index (χ2n) is 6.97. The Hall–Kier alpha value is -3.36. The molecule has 0 bridgehead atoms. The highest BCUT2D eigenvalue weighted by Crippen LogP contribution is 2.29. The summed E-state index contributed by atoms with van der Waals surface area (Å²) in [4.78, 5) is 37.1. The third-order valence-electron chi connectivity index (χ3n) is 4.62. The van der Waals surface area contributed by atoms with Crippen molar-refractivity contribution < 1.29 is 23.9 Å². The minimum Gasteiger partial charge on any atom is -0.478 e. The van der Waals surface area contributed by atoms with Crippen molar-refractivity contribution in [2.24, 2.45) is 0 Å². The van der Waals surface area contributed by atoms with Crippen molar-refractivity contribution in [3.8, 4) is 0 Å². The van der Waals surface area contributed by atoms with Crippen molar-refractivity contribution in [2.75, 3.05) is 10.6 Å². The molecule has 1 atom stereocenters. The first-order valence-corrected chi connectivity index (χ1v) is 11.2. The minimum absolute atomic E-state index is 0.0648. The van der Waals surface area contributed by atoms with E-state index < -0.39 is 22.9 Å². The van der Waals surface area contributed by atoms with Crippen molar-refractivity contribution in [3.63, 3.8) is 0 Å². The third-order valence-corrected chi connectivity index (χ3v) is 6.30. The van der Waals surface area contributed by atoms with Gasteiger partial charge in [-0.3, -0.25) is 9.59 Å². The Labute approximate surface area is 199 Å². The number of benzene rings is 3. The Morgan fingerprint density at radius 1 is 0.970 bits per heavy atom. The van der Waals surface area contributed by atoms with Gasteiger partial charge in [-0.05, 0) is 55.0 Å². The van der Waals surface area contributed by atoms with E-state index in [0.717, 1.165) is 4.90 Å². The molecule has 9 heteroatoms. The van der Waals surface area contributed by atoms with Crippen LogP contribution in [0.3, 0.4) is 0 Å². The number of amides is 2. The smallest absolute Gasteiger partial charge is 0.337 e. The Balaban J connectivity index is 1.69. The molecule has 3 aromatic carbocycles. The van der Waals surface area contributed by atoms with Gasteiger partial charge in [0.15, 0.2) is 0 Å². The van der Waals surface area contributed by atoms with Crippen LogP contribution in [-0.2, 0) is 4.79 Å². The van der Waals surface area contributed by atoms with E-state index in [9.17, 15) is 23.9 Å². The molecule has 0 aliphatic carbocycles. The fraction of sp³-hybridized carbons (Fsp3) is 0.125. The average molecular weight is 487 g/mol. The maximum Gasteiger partial charge on any atom is 0.337 e. The largest absolute Gasteiger partial charge is 0.478 e. The van der Waals surface area contributed by atoms with E-state index in [0.29, 0.717) is 17.8 Å². The summed E-state index contributed by atoms with van der Waals surface area (Å²) in [5.74, 6) is -2.68. The van der Waals surface area contributed by atoms with Gasteiger partial charge in [-0.2, -0.15) is 0 Å². The van der Waals surface area contributed by atoms with E-state index in [4.69, 9.17) is 11.6 Å². The number of hydrogen-bond donors (Lipinski definition) is 3. The molecule has 0 radical (unpaired) electrons. The Morgan fingerprint density at radius 3 is 2.39 bits per heavy atom. The second kappa shape index (κ2) is 11.0. The maximum absolute atomic E-state index is 13.8. The average Bonchev–Trinajstić information content (AvgIpc) is 2.79. The quantitative estimate of drug-likeness (QED) is 0.342. The summed E-state index contributed by atoms with van der Waals surface area (Å²) in [7, 11) is 0. The summed E-state index contributed by atoms with van der Waals surface area (Å²) in [5, 5.41) is 14.2. The molecule has 2 amide bonds. The number of rotatable bonds is 8. The van der Waals surface area contributed by atoms with Crippen LogP contribution in [0.2, 0.25) is 5.02 Å². The van der Waals surface area contributed by atoms with Crippen molar-refractivity contribution in [1.82, 2.24) is 0 Å². The summed E-state index contributed by atoms with van der Waals surface area (Å²) in [6, 6.07) is 16.8. The Morgan fingerprint density at radius 2 is 1.70 bits per heavy atom. The van der Waals surface area contributed by atoms with Crippen LogP contribution in [0.5, 0.6) is 0 Å². The van der Waals surface area contributed by atoms with Crippen molar-refractivity contribution in [1.29, 1.82) is 0 Å². The molecule has 0 saturated heterocycles. The molecular weight excluding hydrogens is 467 g/mol. The number of anilines is 2. The molecule has 3 rings (SSSR count). The third kappa shape index (κ3) is 6.34. The predicted molar refractivity (Wildman–Crippen MR) is 128 cm³/mol. The van der Waals surface area contributed by atoms with Crippen LogP contribution in [0, 0.1) is 5.82 Å². The summed E-state index contributed by atoms with van der Waals surface area (Å²) < 4.78 is 13.8. The molecule has 0 heterocycles. The molecular formula is C24H20ClFN2O4S. The van der Waals surface area contributed by atoms with Gasteiger partial charge < -0.3 is 15.7 Å². The molecule has 0 aliphatic heterocycles. The highest BCUT2D eigenvalue weighted by atomic mass is 35.5. The van der Waals surface area contributed by atoms with Crippen LogP contribution in [0.1, 0.15) is 34.1 Å². The van der Waals surface area contributed by atoms with Gasteiger partial charge in [0, 0.05) is 16.3 Å². The van der Waals surface area contributed by atoms with E-state index in [2.05, 4.69) is 10.6 Å². The highest BCUT2D eigenvalue weighted by Gasteiger charge is 2.20. The van der Waals surface area contributed by atoms with Gasteiger partial charge in [-0.25, -0.2) is 9.18 Å². The van der Waals surface area contributed by atoms with Crippen LogP contribution < -0.4 is 10.6 Å². The second-order valence-corrected chi connectivity index (χ2v) is 8.65. The van der Waals surface area contributed by atoms with E-state index in [-0.39, 0.29) is 22.1 Å². The molecule has 0 aliphatic rings. The molecule has 33 heavy (non-hydrogen) atoms. The molecule has 3 N–H and O–H groups in total. The lowest BCUT2D eigenvalue weighted by atomic mass is 10.2. The minimum atomic E-state index is -1.19. The zero-order valence-electron chi connectivity index (χ0n) is 17.5. The molecule has 0 saturated carbocycles. The number of carbonyl (C=O) groups excluding carboxylic acids is 2. The van der Waals surface area contributed by atoms with Crippen LogP contribution in [0.25, 0.3) is 0 Å². The van der Waals surface area contributed by atoms with Crippen LogP contribution in [-0.4, -0.2) is 28.1 Å². The highest BCUT2D eigenvalue weighted by molar-refractivity contribution is 8.00. The zero-order chi connectivity index (χ0) is 24.0. The van der Waals surface area contributed by atoms with Gasteiger partial charge in [0.25, 0.3) is 5.91 Å². The zero-order valence-corrected chi connectivity index (χ0v) is 19.0. The molecule has 1 unspecified atom stereocenters. The standard InChI is InChI=1S/C24H20ClFN2O4S/c1-2-21(23(30)28-15-10-11-19(25)18(13-15)24(31)32)33-16-7-5-6-14(12-16)27-22(29)17-8-3-4-9-20(17)26/h3-13,21H,2H2,1H3,(H,27,29)(H,28,30)(H,31,32). The van der Waals surface area contributed by atoms with Crippen LogP contribution in [0.4, 0.5) is 15.8 Å². The summed E-state index contributed by atoms with van der Waals surface area (Å²) >= 11 is 7.17. The number of aromatic carboxylic acids is 1. The lowest BCUT2D eigenvalue weighted by molar-refractivity contribution is -0.115. The van der Waals surface area contributed by atoms with Gasteiger partial charge in [-0.15, -0.1) is 11.8 Å². The van der Waals surface area contributed by atoms with Gasteiger partial charge in [-0.1, -0.05) is 36.7 Å². The predicted octanol–water partition coefficient (Wildman–Crippen LogP) is 5.94. The summed E-state index contributed by atoms with van der Waals surface area (Å²) in [6.07, 6.45) is 0.502. The maximum atomic E-state index is 13.8. The van der Waals surface area contributed by atoms with E-state index in [1.54, 1.807) is 30.3 Å². The fourth-order valence-electron chi connectivity index (χ4n) is 2.97. The SMILES string of the molecule is CCC(Sc1cccc(NC(=O)c2ccccc2F)c1)C(=O)Nc1ccc(Cl)c(C(=O)O)c1. The van der Waals surface area contributed by atoms with Gasteiger partial charge in [0.05, 0.1) is 21.4 Å². The summed E-state index contributed by atoms with van der Waals surface area (Å²) in [5.41, 5.74) is 0.623. The van der Waals surface area contributed by atoms with Crippen molar-refractivity contribution in [3.05, 3.63) is 88.7 Å². The first-order valence-electron chi connectivity index (χ1n) is 9.94. The Bertz CT molecular complexity index is 1200. The fourth-order valence-corrected chi connectivity index (χ4v) is 4.18. The Kier molecular flexibility index (Phi) is 8.08. The number of hydrogen-bond acceptors (Lipinski definition) is 4. The van der Waals surface area contributed by atoms with Gasteiger partial charge in [0.1, 0.15) is 5.82 Å². The van der Waals surface area contributed by atoms with E-state index in [1.807, 2.05) is 6.92 Å².